The lowest BCUT2D eigenvalue weighted by atomic mass is 9.99. The molecule has 0 unspecified atom stereocenters. The van der Waals surface area contributed by atoms with Gasteiger partial charge in [-0.2, -0.15) is 0 Å². The largest absolute Gasteiger partial charge is 0.294 e. The zero-order chi connectivity index (χ0) is 14.0. The van der Waals surface area contributed by atoms with Gasteiger partial charge >= 0.3 is 0 Å². The molecule has 0 saturated carbocycles. The predicted octanol–water partition coefficient (Wildman–Crippen LogP) is 5.49. The van der Waals surface area contributed by atoms with Crippen LogP contribution in [0.15, 0.2) is 40.9 Å². The summed E-state index contributed by atoms with van der Waals surface area (Å²) in [5, 5.41) is 1.14. The van der Waals surface area contributed by atoms with Gasteiger partial charge in [-0.25, -0.2) is 0 Å². The van der Waals surface area contributed by atoms with Gasteiger partial charge in [0.15, 0.2) is 5.78 Å². The van der Waals surface area contributed by atoms with Crippen molar-refractivity contribution in [2.45, 2.75) is 13.3 Å². The minimum atomic E-state index is 0.0305. The predicted molar refractivity (Wildman–Crippen MR) is 83.4 cm³/mol. The van der Waals surface area contributed by atoms with Crippen molar-refractivity contribution in [1.29, 1.82) is 0 Å². The average Bonchev–Trinajstić information content (AvgIpc) is 2.36. The molecule has 0 heterocycles. The monoisotopic (exact) mass is 356 g/mol. The maximum atomic E-state index is 12.3. The third kappa shape index (κ3) is 3.59. The van der Waals surface area contributed by atoms with Crippen molar-refractivity contribution in [1.82, 2.24) is 0 Å². The van der Waals surface area contributed by atoms with E-state index < -0.39 is 0 Å². The summed E-state index contributed by atoms with van der Waals surface area (Å²) in [7, 11) is 0. The van der Waals surface area contributed by atoms with Crippen LogP contribution in [0.5, 0.6) is 0 Å². The number of hydrogen-bond donors (Lipinski definition) is 0. The van der Waals surface area contributed by atoms with E-state index in [1.165, 1.54) is 0 Å². The number of Topliss-reactive ketones (excluding diaryl/α,β-unsaturated/α-hetero) is 1. The summed E-state index contributed by atoms with van der Waals surface area (Å²) in [5.74, 6) is 0.0305. The van der Waals surface area contributed by atoms with Crippen LogP contribution in [0.25, 0.3) is 0 Å². The van der Waals surface area contributed by atoms with Gasteiger partial charge in [0.1, 0.15) is 0 Å². The number of carbonyl (C=O) groups is 1. The molecule has 0 amide bonds. The van der Waals surface area contributed by atoms with Gasteiger partial charge in [-0.1, -0.05) is 45.2 Å². The molecule has 0 saturated heterocycles. The fourth-order valence-electron chi connectivity index (χ4n) is 1.84. The fourth-order valence-corrected chi connectivity index (χ4v) is 2.58. The third-order valence-corrected chi connectivity index (χ3v) is 3.96. The van der Waals surface area contributed by atoms with E-state index in [0.29, 0.717) is 15.6 Å². The lowest BCUT2D eigenvalue weighted by molar-refractivity contribution is 0.0992. The maximum absolute atomic E-state index is 12.3. The highest BCUT2D eigenvalue weighted by molar-refractivity contribution is 9.10. The van der Waals surface area contributed by atoms with E-state index >= 15 is 0 Å². The van der Waals surface area contributed by atoms with Gasteiger partial charge in [0, 0.05) is 26.5 Å². The average molecular weight is 358 g/mol. The van der Waals surface area contributed by atoms with Crippen molar-refractivity contribution < 1.29 is 4.79 Å². The Hall–Kier alpha value is -0.830. The summed E-state index contributed by atoms with van der Waals surface area (Å²) in [6.07, 6.45) is 0.247. The summed E-state index contributed by atoms with van der Waals surface area (Å²) in [4.78, 5) is 12.3. The Bertz CT molecular complexity index is 638. The molecule has 98 valence electrons. The molecule has 2 rings (SSSR count). The Morgan fingerprint density at radius 1 is 1.16 bits per heavy atom. The highest BCUT2D eigenvalue weighted by Crippen LogP contribution is 2.24. The van der Waals surface area contributed by atoms with Crippen LogP contribution in [0.3, 0.4) is 0 Å². The Kier molecular flexibility index (Phi) is 4.67. The molecule has 0 spiro atoms. The van der Waals surface area contributed by atoms with E-state index in [1.807, 2.05) is 25.1 Å². The topological polar surface area (TPSA) is 17.1 Å². The third-order valence-electron chi connectivity index (χ3n) is 2.86. The molecule has 0 fully saturated rings. The van der Waals surface area contributed by atoms with E-state index in [0.717, 1.165) is 15.6 Å². The van der Waals surface area contributed by atoms with Gasteiger partial charge in [0.25, 0.3) is 0 Å². The quantitative estimate of drug-likeness (QED) is 0.664. The smallest absolute Gasteiger partial charge is 0.167 e. The van der Waals surface area contributed by atoms with Gasteiger partial charge in [-0.05, 0) is 48.4 Å². The number of rotatable bonds is 3. The van der Waals surface area contributed by atoms with E-state index in [4.69, 9.17) is 23.2 Å². The summed E-state index contributed by atoms with van der Waals surface area (Å²) in [5.41, 5.74) is 2.40. The van der Waals surface area contributed by atoms with Gasteiger partial charge in [0.05, 0.1) is 0 Å². The second-order valence-electron chi connectivity index (χ2n) is 4.29. The van der Waals surface area contributed by atoms with Crippen LogP contribution in [-0.4, -0.2) is 5.78 Å². The molecule has 0 aliphatic heterocycles. The number of hydrogen-bond acceptors (Lipinski definition) is 1. The Balaban J connectivity index is 2.30. The van der Waals surface area contributed by atoms with Crippen LogP contribution in [-0.2, 0) is 6.42 Å². The molecule has 0 radical (unpaired) electrons. The van der Waals surface area contributed by atoms with Gasteiger partial charge < -0.3 is 0 Å². The van der Waals surface area contributed by atoms with Crippen LogP contribution >= 0.6 is 39.1 Å². The van der Waals surface area contributed by atoms with Crippen molar-refractivity contribution in [3.8, 4) is 0 Å². The Morgan fingerprint density at radius 3 is 2.63 bits per heavy atom. The summed E-state index contributed by atoms with van der Waals surface area (Å²) in [6.45, 7) is 1.92. The first-order valence-corrected chi connectivity index (χ1v) is 7.25. The van der Waals surface area contributed by atoms with Crippen LogP contribution in [0.4, 0.5) is 0 Å². The van der Waals surface area contributed by atoms with Gasteiger partial charge in [-0.3, -0.25) is 4.79 Å². The number of benzene rings is 2. The van der Waals surface area contributed by atoms with E-state index in [-0.39, 0.29) is 12.2 Å². The first-order chi connectivity index (χ1) is 8.97. The second-order valence-corrected chi connectivity index (χ2v) is 6.05. The van der Waals surface area contributed by atoms with Crippen molar-refractivity contribution >= 4 is 44.9 Å². The number of ketones is 1. The van der Waals surface area contributed by atoms with Crippen LogP contribution in [0.1, 0.15) is 21.5 Å². The molecule has 4 heteroatoms. The molecule has 0 aromatic heterocycles. The van der Waals surface area contributed by atoms with E-state index in [1.54, 1.807) is 18.2 Å². The molecule has 0 aliphatic carbocycles. The SMILES string of the molecule is Cc1ccc(Br)cc1C(=O)Cc1cc(Cl)ccc1Cl. The summed E-state index contributed by atoms with van der Waals surface area (Å²) in [6, 6.07) is 10.8. The molecule has 1 nitrogen and oxygen atoms in total. The molecule has 19 heavy (non-hydrogen) atoms. The van der Waals surface area contributed by atoms with Crippen molar-refractivity contribution in [2.24, 2.45) is 0 Å². The first kappa shape index (κ1) is 14.6. The standard InChI is InChI=1S/C15H11BrCl2O/c1-9-2-3-11(16)8-13(9)15(19)7-10-6-12(17)4-5-14(10)18/h2-6,8H,7H2,1H3. The summed E-state index contributed by atoms with van der Waals surface area (Å²) >= 11 is 15.4. The van der Waals surface area contributed by atoms with Crippen molar-refractivity contribution in [2.75, 3.05) is 0 Å². The molecule has 2 aromatic rings. The zero-order valence-corrected chi connectivity index (χ0v) is 13.3. The van der Waals surface area contributed by atoms with Crippen LogP contribution < -0.4 is 0 Å². The van der Waals surface area contributed by atoms with Crippen LogP contribution in [0.2, 0.25) is 10.0 Å². The molecular weight excluding hydrogens is 347 g/mol. The number of halogens is 3. The number of aryl methyl sites for hydroxylation is 1. The molecule has 0 aliphatic rings. The van der Waals surface area contributed by atoms with Crippen molar-refractivity contribution in [3.05, 3.63) is 67.6 Å². The minimum absolute atomic E-state index is 0.0305. The Morgan fingerprint density at radius 2 is 1.89 bits per heavy atom. The lowest BCUT2D eigenvalue weighted by Crippen LogP contribution is -2.06. The van der Waals surface area contributed by atoms with E-state index in [2.05, 4.69) is 15.9 Å². The Labute approximate surface area is 130 Å². The second kappa shape index (κ2) is 6.08. The van der Waals surface area contributed by atoms with Gasteiger partial charge in [-0.15, -0.1) is 0 Å². The molecule has 0 bridgehead atoms. The molecule has 2 aromatic carbocycles. The lowest BCUT2D eigenvalue weighted by Gasteiger charge is -2.07. The molecular formula is C15H11BrCl2O. The fraction of sp³-hybridized carbons (Fsp3) is 0.133. The normalized spacial score (nSPS) is 10.5. The molecule has 0 atom stereocenters. The minimum Gasteiger partial charge on any atom is -0.294 e. The first-order valence-electron chi connectivity index (χ1n) is 5.70. The van der Waals surface area contributed by atoms with Crippen LogP contribution in [0, 0.1) is 6.92 Å². The van der Waals surface area contributed by atoms with E-state index in [9.17, 15) is 4.79 Å². The summed E-state index contributed by atoms with van der Waals surface area (Å²) < 4.78 is 0.888. The van der Waals surface area contributed by atoms with Crippen molar-refractivity contribution in [3.63, 3.8) is 0 Å². The highest BCUT2D eigenvalue weighted by Gasteiger charge is 2.12. The molecule has 0 N–H and O–H groups in total. The highest BCUT2D eigenvalue weighted by atomic mass is 79.9. The maximum Gasteiger partial charge on any atom is 0.167 e. The zero-order valence-electron chi connectivity index (χ0n) is 10.2. The van der Waals surface area contributed by atoms with Gasteiger partial charge in [0.2, 0.25) is 0 Å². The number of carbonyl (C=O) groups excluding carboxylic acids is 1.